The van der Waals surface area contributed by atoms with Gasteiger partial charge in [-0.15, -0.1) is 0 Å². The summed E-state index contributed by atoms with van der Waals surface area (Å²) in [5.74, 6) is -0.163. The number of fused-ring (bicyclic) bond motifs is 2. The fraction of sp³-hybridized carbons (Fsp3) is 0.167. The first kappa shape index (κ1) is 28.6. The molecule has 5 N–H and O–H groups in total. The molecule has 1 unspecified atom stereocenters. The largest absolute Gasteiger partial charge is 0.508 e. The maximum atomic E-state index is 13.1. The average molecular weight is 579 g/mol. The van der Waals surface area contributed by atoms with Gasteiger partial charge in [0.1, 0.15) is 17.1 Å². The van der Waals surface area contributed by atoms with Crippen molar-refractivity contribution in [3.63, 3.8) is 0 Å². The number of phosphoric acid groups is 2. The maximum Gasteiger partial charge on any atom is 0.481 e. The molecule has 0 bridgehead atoms. The maximum absolute atomic E-state index is 13.1. The highest BCUT2D eigenvalue weighted by Crippen LogP contribution is 2.57. The van der Waals surface area contributed by atoms with Crippen molar-refractivity contribution in [2.75, 3.05) is 26.4 Å². The smallest absolute Gasteiger partial charge is 0.481 e. The molecule has 1 aliphatic carbocycles. The number of nitrogens with one attached hydrogen (secondary N) is 1. The molecule has 2 aliphatic rings. The summed E-state index contributed by atoms with van der Waals surface area (Å²) in [7, 11) is -10.2. The number of ether oxygens (including phenoxy) is 1. The van der Waals surface area contributed by atoms with Gasteiger partial charge in [0.2, 0.25) is 0 Å². The van der Waals surface area contributed by atoms with E-state index in [2.05, 4.69) is 14.2 Å². The number of benzene rings is 3. The molecule has 4 rings (SSSR count). The standard InChI is InChI=1S/C24H23NO12P2/c26-15-5-7-19-21(13-15)36-22-14-16(27)6-8-20(22)23(19)17-3-1-2-4-18(17)24(28)25-9-10-34-11-12-35-39(32,33)37-38(29,30)31/h1-8,13-14,26H,9-12H2,(H,25,28)(H,32,33)(H2,29,30,31). The van der Waals surface area contributed by atoms with E-state index in [1.165, 1.54) is 24.3 Å². The summed E-state index contributed by atoms with van der Waals surface area (Å²) in [6.07, 6.45) is 0. The minimum absolute atomic E-state index is 0.00597. The molecule has 2 aromatic carbocycles. The van der Waals surface area contributed by atoms with Crippen molar-refractivity contribution < 1.29 is 51.7 Å². The zero-order chi connectivity index (χ0) is 28.2. The summed E-state index contributed by atoms with van der Waals surface area (Å²) in [4.78, 5) is 51.4. The third kappa shape index (κ3) is 7.39. The number of rotatable bonds is 11. The first-order valence-corrected chi connectivity index (χ1v) is 14.4. The molecule has 0 saturated carbocycles. The van der Waals surface area contributed by atoms with E-state index < -0.39 is 28.2 Å². The van der Waals surface area contributed by atoms with Crippen LogP contribution in [0.15, 0.2) is 69.9 Å². The Morgan fingerprint density at radius 2 is 1.69 bits per heavy atom. The summed E-state index contributed by atoms with van der Waals surface area (Å²) in [5, 5.41) is 13.3. The van der Waals surface area contributed by atoms with Crippen molar-refractivity contribution >= 4 is 32.5 Å². The van der Waals surface area contributed by atoms with Gasteiger partial charge in [-0.2, -0.15) is 4.31 Å². The monoisotopic (exact) mass is 579 g/mol. The molecule has 15 heteroatoms. The summed E-state index contributed by atoms with van der Waals surface area (Å²) in [6, 6.07) is 15.8. The van der Waals surface area contributed by atoms with Crippen LogP contribution in [0.25, 0.3) is 33.4 Å². The van der Waals surface area contributed by atoms with Crippen LogP contribution in [0.5, 0.6) is 5.75 Å². The van der Waals surface area contributed by atoms with Gasteiger partial charge in [-0.3, -0.25) is 14.1 Å². The van der Waals surface area contributed by atoms with Gasteiger partial charge in [0.05, 0.1) is 19.8 Å². The second-order valence-electron chi connectivity index (χ2n) is 8.10. The number of hydrogen-bond acceptors (Lipinski definition) is 9. The van der Waals surface area contributed by atoms with E-state index in [0.29, 0.717) is 39.0 Å². The molecule has 0 aromatic heterocycles. The number of carbonyl (C=O) groups excluding carboxylic acids is 1. The van der Waals surface area contributed by atoms with Crippen LogP contribution < -0.4 is 10.7 Å². The highest BCUT2D eigenvalue weighted by molar-refractivity contribution is 7.60. The molecular formula is C24H23NO12P2. The van der Waals surface area contributed by atoms with E-state index in [-0.39, 0.29) is 30.9 Å². The Morgan fingerprint density at radius 1 is 0.923 bits per heavy atom. The van der Waals surface area contributed by atoms with E-state index in [9.17, 15) is 28.7 Å². The summed E-state index contributed by atoms with van der Waals surface area (Å²) in [5.41, 5.74) is 2.18. The highest BCUT2D eigenvalue weighted by atomic mass is 31.3. The van der Waals surface area contributed by atoms with Gasteiger partial charge >= 0.3 is 15.6 Å². The van der Waals surface area contributed by atoms with Crippen LogP contribution in [0.1, 0.15) is 10.4 Å². The molecule has 1 amide bonds. The Hall–Kier alpha value is -3.38. The molecule has 0 fully saturated rings. The van der Waals surface area contributed by atoms with Gasteiger partial charge in [-0.05, 0) is 35.9 Å². The van der Waals surface area contributed by atoms with Gasteiger partial charge < -0.3 is 34.3 Å². The first-order chi connectivity index (χ1) is 18.4. The fourth-order valence-corrected chi connectivity index (χ4v) is 5.42. The quantitative estimate of drug-likeness (QED) is 0.0988. The predicted octanol–water partition coefficient (Wildman–Crippen LogP) is 3.24. The lowest BCUT2D eigenvalue weighted by Crippen LogP contribution is -2.28. The SMILES string of the molecule is O=C(NCCOCCOP(=O)(O)OP(=O)(O)O)c1ccccc1-c1c2ccc(=O)cc-2oc2cc(O)ccc12. The zero-order valence-corrected chi connectivity index (χ0v) is 21.8. The normalized spacial score (nSPS) is 13.4. The van der Waals surface area contributed by atoms with Crippen LogP contribution in [-0.2, 0) is 22.7 Å². The highest BCUT2D eigenvalue weighted by Gasteiger charge is 2.32. The lowest BCUT2D eigenvalue weighted by molar-refractivity contribution is 0.0803. The van der Waals surface area contributed by atoms with Crippen molar-refractivity contribution in [2.45, 2.75) is 0 Å². The van der Waals surface area contributed by atoms with Crippen molar-refractivity contribution in [1.82, 2.24) is 5.32 Å². The minimum atomic E-state index is -5.21. The molecule has 0 radical (unpaired) electrons. The molecule has 0 spiro atoms. The first-order valence-electron chi connectivity index (χ1n) is 11.3. The second kappa shape index (κ2) is 11.8. The van der Waals surface area contributed by atoms with Gasteiger partial charge in [0.15, 0.2) is 5.43 Å². The van der Waals surface area contributed by atoms with Gasteiger partial charge in [-0.1, -0.05) is 18.2 Å². The Morgan fingerprint density at radius 3 is 2.46 bits per heavy atom. The predicted molar refractivity (Wildman–Crippen MR) is 138 cm³/mol. The molecule has 39 heavy (non-hydrogen) atoms. The van der Waals surface area contributed by atoms with Gasteiger partial charge in [0.25, 0.3) is 5.91 Å². The molecule has 1 atom stereocenters. The van der Waals surface area contributed by atoms with Crippen molar-refractivity contribution in [1.29, 1.82) is 0 Å². The Kier molecular flexibility index (Phi) is 8.65. The summed E-state index contributed by atoms with van der Waals surface area (Å²) in [6.45, 7) is -0.665. The summed E-state index contributed by atoms with van der Waals surface area (Å²) < 4.78 is 41.1. The Balaban J connectivity index is 1.47. The van der Waals surface area contributed by atoms with E-state index in [1.807, 2.05) is 0 Å². The van der Waals surface area contributed by atoms with Crippen molar-refractivity contribution in [3.05, 3.63) is 76.5 Å². The lowest BCUT2D eigenvalue weighted by Gasteiger charge is -2.17. The minimum Gasteiger partial charge on any atom is -0.508 e. The number of aromatic hydroxyl groups is 1. The number of hydrogen-bond donors (Lipinski definition) is 5. The van der Waals surface area contributed by atoms with Crippen LogP contribution in [0, 0.1) is 0 Å². The number of amides is 1. The number of phenols is 1. The van der Waals surface area contributed by atoms with Crippen LogP contribution in [0.3, 0.4) is 0 Å². The molecule has 13 nitrogen and oxygen atoms in total. The third-order valence-electron chi connectivity index (χ3n) is 5.34. The Labute approximate surface area is 220 Å². The molecule has 206 valence electrons. The summed E-state index contributed by atoms with van der Waals surface area (Å²) >= 11 is 0. The van der Waals surface area contributed by atoms with Crippen LogP contribution in [-0.4, -0.2) is 52.1 Å². The topological polar surface area (TPSA) is 202 Å². The number of phosphoric ester groups is 1. The van der Waals surface area contributed by atoms with Crippen molar-refractivity contribution in [2.24, 2.45) is 0 Å². The second-order valence-corrected chi connectivity index (χ2v) is 10.9. The zero-order valence-electron chi connectivity index (χ0n) is 20.1. The van der Waals surface area contributed by atoms with E-state index in [0.717, 1.165) is 0 Å². The molecular weight excluding hydrogens is 556 g/mol. The van der Waals surface area contributed by atoms with E-state index in [4.69, 9.17) is 18.9 Å². The van der Waals surface area contributed by atoms with Gasteiger partial charge in [0, 0.05) is 40.8 Å². The van der Waals surface area contributed by atoms with Crippen LogP contribution in [0.2, 0.25) is 0 Å². The molecule has 1 heterocycles. The number of phenolic OH excluding ortho intramolecular Hbond substituents is 1. The fourth-order valence-electron chi connectivity index (χ4n) is 3.85. The molecule has 1 aliphatic heterocycles. The lowest BCUT2D eigenvalue weighted by atomic mass is 9.90. The average Bonchev–Trinajstić information content (AvgIpc) is 2.85. The molecule has 0 saturated heterocycles. The third-order valence-corrected chi connectivity index (χ3v) is 7.53. The van der Waals surface area contributed by atoms with Crippen molar-refractivity contribution in [3.8, 4) is 28.2 Å². The van der Waals surface area contributed by atoms with E-state index in [1.54, 1.807) is 36.4 Å². The molecule has 2 aromatic rings. The Bertz CT molecular complexity index is 1630. The van der Waals surface area contributed by atoms with E-state index >= 15 is 0 Å². The van der Waals surface area contributed by atoms with Crippen LogP contribution >= 0.6 is 15.6 Å². The number of carbonyl (C=O) groups is 1. The van der Waals surface area contributed by atoms with Crippen LogP contribution in [0.4, 0.5) is 0 Å². The van der Waals surface area contributed by atoms with Gasteiger partial charge in [-0.25, -0.2) is 9.13 Å².